The van der Waals surface area contributed by atoms with E-state index in [-0.39, 0.29) is 6.04 Å². The molecular formula is C14H28N2O2S. The van der Waals surface area contributed by atoms with Crippen LogP contribution in [0, 0.1) is 5.41 Å². The Kier molecular flexibility index (Phi) is 4.90. The lowest BCUT2D eigenvalue weighted by Gasteiger charge is -2.44. The summed E-state index contributed by atoms with van der Waals surface area (Å²) in [5.74, 6) is 0.686. The standard InChI is InChI=1S/C14H28N2O2S/c1-3-4-14(5-7-15-8-6-14)12-16-9-10-19(17,18)11-13(16)2/h13,15H,3-12H2,1-2H3. The maximum atomic E-state index is 11.7. The number of nitrogens with zero attached hydrogens (tertiary/aromatic N) is 1. The van der Waals surface area contributed by atoms with Gasteiger partial charge in [0.1, 0.15) is 0 Å². The van der Waals surface area contributed by atoms with E-state index in [1.807, 2.05) is 0 Å². The number of hydrogen-bond acceptors (Lipinski definition) is 4. The highest BCUT2D eigenvalue weighted by Crippen LogP contribution is 2.35. The minimum atomic E-state index is -2.79. The van der Waals surface area contributed by atoms with Gasteiger partial charge in [-0.3, -0.25) is 4.90 Å². The van der Waals surface area contributed by atoms with Gasteiger partial charge in [0.2, 0.25) is 0 Å². The van der Waals surface area contributed by atoms with Crippen molar-refractivity contribution >= 4 is 9.84 Å². The minimum absolute atomic E-state index is 0.183. The SMILES string of the molecule is CCCC1(CN2CCS(=O)(=O)CC2C)CCNCC1. The third-order valence-electron chi connectivity index (χ3n) is 4.79. The molecule has 0 aliphatic carbocycles. The molecule has 2 fully saturated rings. The lowest BCUT2D eigenvalue weighted by atomic mass is 9.74. The monoisotopic (exact) mass is 288 g/mol. The van der Waals surface area contributed by atoms with E-state index >= 15 is 0 Å². The lowest BCUT2D eigenvalue weighted by Crippen LogP contribution is -2.53. The molecule has 1 unspecified atom stereocenters. The second kappa shape index (κ2) is 6.10. The molecular weight excluding hydrogens is 260 g/mol. The molecule has 4 nitrogen and oxygen atoms in total. The quantitative estimate of drug-likeness (QED) is 0.846. The summed E-state index contributed by atoms with van der Waals surface area (Å²) in [7, 11) is -2.79. The van der Waals surface area contributed by atoms with Gasteiger partial charge in [0.25, 0.3) is 0 Å². The van der Waals surface area contributed by atoms with Crippen LogP contribution in [0.25, 0.3) is 0 Å². The van der Waals surface area contributed by atoms with E-state index in [9.17, 15) is 8.42 Å². The summed E-state index contributed by atoms with van der Waals surface area (Å²) in [5, 5.41) is 3.45. The summed E-state index contributed by atoms with van der Waals surface area (Å²) in [4.78, 5) is 2.42. The number of hydrogen-bond donors (Lipinski definition) is 1. The van der Waals surface area contributed by atoms with Gasteiger partial charge in [-0.2, -0.15) is 0 Å². The largest absolute Gasteiger partial charge is 0.317 e. The fourth-order valence-corrected chi connectivity index (χ4v) is 5.30. The van der Waals surface area contributed by atoms with Crippen molar-refractivity contribution in [2.24, 2.45) is 5.41 Å². The first kappa shape index (κ1) is 15.3. The fourth-order valence-electron chi connectivity index (χ4n) is 3.67. The molecule has 1 atom stereocenters. The Morgan fingerprint density at radius 3 is 2.58 bits per heavy atom. The average molecular weight is 288 g/mol. The highest BCUT2D eigenvalue weighted by atomic mass is 32.2. The fraction of sp³-hybridized carbons (Fsp3) is 1.00. The normalized spacial score (nSPS) is 31.2. The maximum absolute atomic E-state index is 11.7. The van der Waals surface area contributed by atoms with E-state index in [4.69, 9.17) is 0 Å². The van der Waals surface area contributed by atoms with Crippen LogP contribution in [0.4, 0.5) is 0 Å². The first-order valence-corrected chi connectivity index (χ1v) is 9.44. The van der Waals surface area contributed by atoms with Crippen LogP contribution in [0.1, 0.15) is 39.5 Å². The number of piperidine rings is 1. The molecule has 112 valence electrons. The van der Waals surface area contributed by atoms with E-state index in [0.29, 0.717) is 16.9 Å². The molecule has 0 aromatic rings. The van der Waals surface area contributed by atoms with Gasteiger partial charge in [-0.1, -0.05) is 13.3 Å². The van der Waals surface area contributed by atoms with E-state index in [0.717, 1.165) is 26.2 Å². The lowest BCUT2D eigenvalue weighted by molar-refractivity contribution is 0.0839. The summed E-state index contributed by atoms with van der Waals surface area (Å²) in [6, 6.07) is 0.183. The second-order valence-corrected chi connectivity index (χ2v) is 8.66. The Morgan fingerprint density at radius 1 is 1.32 bits per heavy atom. The topological polar surface area (TPSA) is 49.4 Å². The molecule has 0 aromatic heterocycles. The molecule has 0 spiro atoms. The summed E-state index contributed by atoms with van der Waals surface area (Å²) in [5.41, 5.74) is 0.412. The first-order chi connectivity index (χ1) is 8.96. The van der Waals surface area contributed by atoms with Crippen LogP contribution in [-0.2, 0) is 9.84 Å². The smallest absolute Gasteiger partial charge is 0.153 e. The van der Waals surface area contributed by atoms with Gasteiger partial charge in [0.05, 0.1) is 11.5 Å². The van der Waals surface area contributed by atoms with Crippen molar-refractivity contribution < 1.29 is 8.42 Å². The molecule has 0 aromatic carbocycles. The molecule has 2 heterocycles. The molecule has 0 amide bonds. The van der Waals surface area contributed by atoms with Crippen LogP contribution in [-0.4, -0.2) is 57.0 Å². The molecule has 5 heteroatoms. The molecule has 0 radical (unpaired) electrons. The zero-order valence-electron chi connectivity index (χ0n) is 12.3. The zero-order valence-corrected chi connectivity index (χ0v) is 13.1. The summed E-state index contributed by atoms with van der Waals surface area (Å²) < 4.78 is 23.3. The predicted octanol–water partition coefficient (Wildman–Crippen LogP) is 1.28. The highest BCUT2D eigenvalue weighted by molar-refractivity contribution is 7.91. The van der Waals surface area contributed by atoms with Crippen molar-refractivity contribution in [3.05, 3.63) is 0 Å². The van der Waals surface area contributed by atoms with Crippen LogP contribution in [0.3, 0.4) is 0 Å². The Morgan fingerprint density at radius 2 is 2.00 bits per heavy atom. The summed E-state index contributed by atoms with van der Waals surface area (Å²) in [6.45, 7) is 8.36. The third kappa shape index (κ3) is 3.92. The van der Waals surface area contributed by atoms with E-state index < -0.39 is 9.84 Å². The summed E-state index contributed by atoms with van der Waals surface area (Å²) >= 11 is 0. The number of nitrogens with one attached hydrogen (secondary N) is 1. The van der Waals surface area contributed by atoms with E-state index in [1.54, 1.807) is 0 Å². The molecule has 0 bridgehead atoms. The van der Waals surface area contributed by atoms with Crippen LogP contribution >= 0.6 is 0 Å². The molecule has 0 saturated carbocycles. The molecule has 1 N–H and O–H groups in total. The zero-order chi connectivity index (χ0) is 13.9. The van der Waals surface area contributed by atoms with Gasteiger partial charge in [-0.25, -0.2) is 8.42 Å². The van der Waals surface area contributed by atoms with Gasteiger partial charge >= 0.3 is 0 Å². The average Bonchev–Trinajstić information content (AvgIpc) is 2.34. The number of sulfone groups is 1. The Bertz CT molecular complexity index is 383. The highest BCUT2D eigenvalue weighted by Gasteiger charge is 2.37. The Balaban J connectivity index is 2.01. The molecule has 19 heavy (non-hydrogen) atoms. The third-order valence-corrected chi connectivity index (χ3v) is 6.59. The maximum Gasteiger partial charge on any atom is 0.153 e. The second-order valence-electron chi connectivity index (χ2n) is 6.43. The van der Waals surface area contributed by atoms with Crippen LogP contribution in [0.2, 0.25) is 0 Å². The van der Waals surface area contributed by atoms with Gasteiger partial charge in [0.15, 0.2) is 9.84 Å². The van der Waals surface area contributed by atoms with E-state index in [2.05, 4.69) is 24.1 Å². The van der Waals surface area contributed by atoms with Crippen molar-refractivity contribution in [3.8, 4) is 0 Å². The van der Waals surface area contributed by atoms with Crippen molar-refractivity contribution in [1.82, 2.24) is 10.2 Å². The van der Waals surface area contributed by atoms with E-state index in [1.165, 1.54) is 25.7 Å². The minimum Gasteiger partial charge on any atom is -0.317 e. The van der Waals surface area contributed by atoms with Crippen LogP contribution < -0.4 is 5.32 Å². The van der Waals surface area contributed by atoms with Crippen molar-refractivity contribution in [1.29, 1.82) is 0 Å². The predicted molar refractivity (Wildman–Crippen MR) is 79.1 cm³/mol. The molecule has 2 aliphatic heterocycles. The van der Waals surface area contributed by atoms with Crippen molar-refractivity contribution in [2.75, 3.05) is 37.7 Å². The molecule has 2 aliphatic rings. The molecule has 2 saturated heterocycles. The van der Waals surface area contributed by atoms with Gasteiger partial charge in [0, 0.05) is 19.1 Å². The van der Waals surface area contributed by atoms with Gasteiger partial charge in [-0.05, 0) is 44.7 Å². The first-order valence-electron chi connectivity index (χ1n) is 7.62. The Hall–Kier alpha value is -0.130. The van der Waals surface area contributed by atoms with Gasteiger partial charge < -0.3 is 5.32 Å². The van der Waals surface area contributed by atoms with Crippen molar-refractivity contribution in [2.45, 2.75) is 45.6 Å². The van der Waals surface area contributed by atoms with Crippen LogP contribution in [0.5, 0.6) is 0 Å². The number of rotatable bonds is 4. The van der Waals surface area contributed by atoms with Gasteiger partial charge in [-0.15, -0.1) is 0 Å². The summed E-state index contributed by atoms with van der Waals surface area (Å²) in [6.07, 6.45) is 4.96. The van der Waals surface area contributed by atoms with Crippen LogP contribution in [0.15, 0.2) is 0 Å². The molecule has 2 rings (SSSR count). The Labute approximate surface area is 117 Å². The van der Waals surface area contributed by atoms with Crippen molar-refractivity contribution in [3.63, 3.8) is 0 Å².